The molecule has 0 aliphatic carbocycles. The van der Waals surface area contributed by atoms with Gasteiger partial charge in [0.2, 0.25) is 11.8 Å². The molecule has 0 spiro atoms. The van der Waals surface area contributed by atoms with Gasteiger partial charge in [-0.05, 0) is 39.7 Å². The van der Waals surface area contributed by atoms with Crippen LogP contribution in [0.15, 0.2) is 56.3 Å². The number of benzene rings is 1. The molecule has 0 aliphatic heterocycles. The van der Waals surface area contributed by atoms with Gasteiger partial charge in [-0.3, -0.25) is 14.4 Å². The van der Waals surface area contributed by atoms with Crippen LogP contribution in [-0.2, 0) is 12.8 Å². The van der Waals surface area contributed by atoms with Gasteiger partial charge in [-0.25, -0.2) is 0 Å². The highest BCUT2D eigenvalue weighted by atomic mass is 16.4. The van der Waals surface area contributed by atoms with Crippen molar-refractivity contribution >= 4 is 5.71 Å². The number of aromatic hydroxyl groups is 1. The number of nitrogens with zero attached hydrogens (tertiary/aromatic N) is 5. The van der Waals surface area contributed by atoms with Crippen molar-refractivity contribution in [3.8, 4) is 17.3 Å². The van der Waals surface area contributed by atoms with Crippen molar-refractivity contribution in [3.63, 3.8) is 0 Å². The Hall–Kier alpha value is -3.55. The molecule has 0 amide bonds. The average Bonchev–Trinajstić information content (AvgIpc) is 3.24. The number of rotatable bonds is 9. The van der Waals surface area contributed by atoms with E-state index in [1.807, 2.05) is 64.1 Å². The van der Waals surface area contributed by atoms with E-state index in [-0.39, 0.29) is 17.5 Å². The van der Waals surface area contributed by atoms with Crippen LogP contribution in [0.3, 0.4) is 0 Å². The van der Waals surface area contributed by atoms with Gasteiger partial charge in [-0.1, -0.05) is 49.8 Å². The Labute approximate surface area is 193 Å². The second-order valence-electron chi connectivity index (χ2n) is 8.11. The highest BCUT2D eigenvalue weighted by Crippen LogP contribution is 2.27. The van der Waals surface area contributed by atoms with Crippen molar-refractivity contribution in [1.29, 1.82) is 0 Å². The third kappa shape index (κ3) is 5.63. The van der Waals surface area contributed by atoms with E-state index < -0.39 is 11.4 Å². The van der Waals surface area contributed by atoms with Crippen molar-refractivity contribution < 1.29 is 9.52 Å². The van der Waals surface area contributed by atoms with E-state index in [2.05, 4.69) is 27.1 Å². The minimum atomic E-state index is -0.408. The highest BCUT2D eigenvalue weighted by molar-refractivity contribution is 5.80. The minimum absolute atomic E-state index is 0.0521. The highest BCUT2D eigenvalue weighted by Gasteiger charge is 2.25. The molecule has 0 aliphatic rings. The zero-order valence-corrected chi connectivity index (χ0v) is 19.9. The third-order valence-corrected chi connectivity index (χ3v) is 5.31. The molecule has 1 atom stereocenters. The molecule has 3 rings (SSSR count). The monoisotopic (exact) mass is 449 g/mol. The molecule has 8 heteroatoms. The van der Waals surface area contributed by atoms with Gasteiger partial charge < -0.3 is 9.52 Å². The molecule has 8 nitrogen and oxygen atoms in total. The van der Waals surface area contributed by atoms with Gasteiger partial charge in [-0.2, -0.15) is 4.98 Å². The summed E-state index contributed by atoms with van der Waals surface area (Å²) in [6.07, 6.45) is 4.56. The van der Waals surface area contributed by atoms with Crippen LogP contribution in [-0.4, -0.2) is 30.6 Å². The third-order valence-electron chi connectivity index (χ3n) is 5.31. The first-order valence-corrected chi connectivity index (χ1v) is 11.2. The Bertz CT molecular complexity index is 1200. The lowest BCUT2D eigenvalue weighted by molar-refractivity contribution is 0.431. The molecule has 1 N–H and O–H groups in total. The van der Waals surface area contributed by atoms with E-state index in [1.54, 1.807) is 4.57 Å². The zero-order chi connectivity index (χ0) is 24.0. The summed E-state index contributed by atoms with van der Waals surface area (Å²) in [4.78, 5) is 22.4. The minimum Gasteiger partial charge on any atom is -0.493 e. The number of hydrogen-bond donors (Lipinski definition) is 1. The Morgan fingerprint density at radius 3 is 2.61 bits per heavy atom. The van der Waals surface area contributed by atoms with Crippen LogP contribution in [0.5, 0.6) is 5.88 Å². The van der Waals surface area contributed by atoms with Gasteiger partial charge in [0.15, 0.2) is 5.56 Å². The molecule has 174 valence electrons. The average molecular weight is 450 g/mol. The quantitative estimate of drug-likeness (QED) is 0.467. The molecular formula is C25H31N5O3. The van der Waals surface area contributed by atoms with Crippen molar-refractivity contribution in [3.05, 3.63) is 69.7 Å². The fourth-order valence-electron chi connectivity index (χ4n) is 3.62. The molecule has 1 aromatic carbocycles. The first-order valence-electron chi connectivity index (χ1n) is 11.2. The lowest BCUT2D eigenvalue weighted by Gasteiger charge is -2.20. The molecule has 2 heterocycles. The number of aliphatic imine (C=N–C) groups is 1. The number of aryl methyl sites for hydroxylation is 1. The summed E-state index contributed by atoms with van der Waals surface area (Å²) in [6, 6.07) is 9.44. The second kappa shape index (κ2) is 10.8. The number of allylic oxidation sites excluding steroid dienone is 2. The predicted molar refractivity (Wildman–Crippen MR) is 129 cm³/mol. The second-order valence-corrected chi connectivity index (χ2v) is 8.11. The van der Waals surface area contributed by atoms with Crippen LogP contribution >= 0.6 is 0 Å². The Morgan fingerprint density at radius 2 is 1.97 bits per heavy atom. The van der Waals surface area contributed by atoms with Crippen LogP contribution in [0.1, 0.15) is 70.8 Å². The van der Waals surface area contributed by atoms with Gasteiger partial charge in [-0.15, -0.1) is 10.2 Å². The Kier molecular flexibility index (Phi) is 7.92. The van der Waals surface area contributed by atoms with Crippen molar-refractivity contribution in [1.82, 2.24) is 19.7 Å². The number of aromatic nitrogens is 4. The molecule has 0 unspecified atom stereocenters. The van der Waals surface area contributed by atoms with Crippen LogP contribution < -0.4 is 5.56 Å². The molecule has 2 aromatic heterocycles. The van der Waals surface area contributed by atoms with E-state index in [0.717, 1.165) is 29.8 Å². The maximum absolute atomic E-state index is 13.6. The standard InChI is InChI=1S/C25H31N5O3/c1-6-8-14-20-27-23(31)22(25(32)30(20)17(5)18-12-10-9-11-13-18)24-29-28-21(33-24)15-19(7-2)26-16(3)4/h7,9-13,17,31H,6,8,14-15H2,1-5H3/b19-7-/t17-/m0/s1. The predicted octanol–water partition coefficient (Wildman–Crippen LogP) is 4.88. The van der Waals surface area contributed by atoms with Gasteiger partial charge in [0.25, 0.3) is 11.4 Å². The van der Waals surface area contributed by atoms with Crippen LogP contribution in [0.25, 0.3) is 11.5 Å². The fraction of sp³-hybridized carbons (Fsp3) is 0.400. The molecule has 0 fully saturated rings. The molecule has 3 aromatic rings. The maximum Gasteiger partial charge on any atom is 0.270 e. The van der Waals surface area contributed by atoms with Crippen molar-refractivity contribution in [2.45, 2.75) is 66.3 Å². The van der Waals surface area contributed by atoms with E-state index >= 15 is 0 Å². The summed E-state index contributed by atoms with van der Waals surface area (Å²) >= 11 is 0. The van der Waals surface area contributed by atoms with Crippen LogP contribution in [0.2, 0.25) is 0 Å². The Morgan fingerprint density at radius 1 is 1.24 bits per heavy atom. The zero-order valence-electron chi connectivity index (χ0n) is 19.9. The summed E-state index contributed by atoms with van der Waals surface area (Å²) in [5.74, 6) is 0.387. The fourth-order valence-corrected chi connectivity index (χ4v) is 3.62. The van der Waals surface area contributed by atoms with Crippen molar-refractivity contribution in [2.24, 2.45) is 4.99 Å². The number of unbranched alkanes of at least 4 members (excludes halogenated alkanes) is 1. The molecular weight excluding hydrogens is 418 g/mol. The van der Waals surface area contributed by atoms with E-state index in [1.165, 1.54) is 0 Å². The molecule has 33 heavy (non-hydrogen) atoms. The van der Waals surface area contributed by atoms with Crippen molar-refractivity contribution in [2.75, 3.05) is 0 Å². The summed E-state index contributed by atoms with van der Waals surface area (Å²) in [5, 5.41) is 18.8. The van der Waals surface area contributed by atoms with Gasteiger partial charge in [0.05, 0.1) is 12.5 Å². The smallest absolute Gasteiger partial charge is 0.270 e. The summed E-state index contributed by atoms with van der Waals surface area (Å²) in [5.41, 5.74) is 2.15. The maximum atomic E-state index is 13.6. The summed E-state index contributed by atoms with van der Waals surface area (Å²) in [7, 11) is 0. The van der Waals surface area contributed by atoms with E-state index in [9.17, 15) is 9.90 Å². The summed E-state index contributed by atoms with van der Waals surface area (Å²) in [6.45, 7) is 9.71. The molecule has 0 saturated heterocycles. The Balaban J connectivity index is 2.08. The largest absolute Gasteiger partial charge is 0.493 e. The topological polar surface area (TPSA) is 106 Å². The first-order chi connectivity index (χ1) is 15.8. The van der Waals surface area contributed by atoms with E-state index in [4.69, 9.17) is 4.42 Å². The molecule has 0 radical (unpaired) electrons. The van der Waals surface area contributed by atoms with Crippen LogP contribution in [0.4, 0.5) is 0 Å². The van der Waals surface area contributed by atoms with Gasteiger partial charge >= 0.3 is 0 Å². The van der Waals surface area contributed by atoms with E-state index in [0.29, 0.717) is 24.6 Å². The van der Waals surface area contributed by atoms with Crippen LogP contribution in [0, 0.1) is 0 Å². The van der Waals surface area contributed by atoms with Gasteiger partial charge in [0.1, 0.15) is 5.82 Å². The SMILES string of the molecule is C/C=C(/Cc1nnc(-c2c(O)nc(CCCC)n([C@@H](C)c3ccccc3)c2=O)o1)N=C(C)C. The lowest BCUT2D eigenvalue weighted by atomic mass is 10.1. The normalized spacial score (nSPS) is 12.6. The molecule has 0 saturated carbocycles. The first kappa shape index (κ1) is 24.1. The number of hydrogen-bond acceptors (Lipinski definition) is 7. The molecule has 0 bridgehead atoms. The summed E-state index contributed by atoms with van der Waals surface area (Å²) < 4.78 is 7.38. The van der Waals surface area contributed by atoms with Gasteiger partial charge in [0, 0.05) is 17.8 Å². The lowest BCUT2D eigenvalue weighted by Crippen LogP contribution is -2.30.